The molecule has 0 aliphatic rings. The Morgan fingerprint density at radius 3 is 2.82 bits per heavy atom. The SMILES string of the molecule is CCC/C=C\C#CCCC=O. The second kappa shape index (κ2) is 8.97. The molecule has 0 spiro atoms. The lowest BCUT2D eigenvalue weighted by Gasteiger charge is -1.78. The van der Waals surface area contributed by atoms with Crippen LogP contribution in [0.1, 0.15) is 32.6 Å². The first-order valence-corrected chi connectivity index (χ1v) is 3.98. The van der Waals surface area contributed by atoms with Crippen LogP contribution >= 0.6 is 0 Å². The molecule has 0 saturated heterocycles. The van der Waals surface area contributed by atoms with E-state index in [9.17, 15) is 4.79 Å². The van der Waals surface area contributed by atoms with Crippen molar-refractivity contribution < 1.29 is 4.79 Å². The quantitative estimate of drug-likeness (QED) is 0.341. The summed E-state index contributed by atoms with van der Waals surface area (Å²) in [5.41, 5.74) is 0. The zero-order valence-electron chi connectivity index (χ0n) is 6.97. The molecule has 1 nitrogen and oxygen atoms in total. The zero-order chi connectivity index (χ0) is 8.36. The molecule has 1 heteroatoms. The monoisotopic (exact) mass is 150 g/mol. The van der Waals surface area contributed by atoms with Gasteiger partial charge in [-0.2, -0.15) is 0 Å². The minimum atomic E-state index is 0.550. The van der Waals surface area contributed by atoms with E-state index < -0.39 is 0 Å². The van der Waals surface area contributed by atoms with E-state index in [0.29, 0.717) is 12.8 Å². The summed E-state index contributed by atoms with van der Waals surface area (Å²) in [5.74, 6) is 5.74. The molecule has 0 aromatic heterocycles. The lowest BCUT2D eigenvalue weighted by molar-refractivity contribution is -0.107. The van der Waals surface area contributed by atoms with Gasteiger partial charge in [-0.1, -0.05) is 31.3 Å². The molecule has 60 valence electrons. The summed E-state index contributed by atoms with van der Waals surface area (Å²) >= 11 is 0. The topological polar surface area (TPSA) is 17.1 Å². The van der Waals surface area contributed by atoms with Crippen LogP contribution in [0.4, 0.5) is 0 Å². The first kappa shape index (κ1) is 9.97. The lowest BCUT2D eigenvalue weighted by atomic mass is 10.3. The van der Waals surface area contributed by atoms with E-state index in [1.165, 1.54) is 0 Å². The van der Waals surface area contributed by atoms with E-state index >= 15 is 0 Å². The van der Waals surface area contributed by atoms with Gasteiger partial charge in [-0.3, -0.25) is 0 Å². The van der Waals surface area contributed by atoms with Crippen LogP contribution in [-0.2, 0) is 4.79 Å². The molecular formula is C10H14O. The highest BCUT2D eigenvalue weighted by molar-refractivity contribution is 5.49. The van der Waals surface area contributed by atoms with E-state index in [0.717, 1.165) is 19.1 Å². The summed E-state index contributed by atoms with van der Waals surface area (Å²) in [6.07, 6.45) is 8.27. The van der Waals surface area contributed by atoms with E-state index in [1.807, 2.05) is 12.2 Å². The van der Waals surface area contributed by atoms with Crippen LogP contribution in [0.5, 0.6) is 0 Å². The molecule has 0 aromatic rings. The summed E-state index contributed by atoms with van der Waals surface area (Å²) in [7, 11) is 0. The molecule has 0 fully saturated rings. The summed E-state index contributed by atoms with van der Waals surface area (Å²) in [6.45, 7) is 2.13. The van der Waals surface area contributed by atoms with Gasteiger partial charge in [-0.15, -0.1) is 0 Å². The molecule has 0 rings (SSSR count). The van der Waals surface area contributed by atoms with Gasteiger partial charge in [0.2, 0.25) is 0 Å². The van der Waals surface area contributed by atoms with Gasteiger partial charge in [0.25, 0.3) is 0 Å². The van der Waals surface area contributed by atoms with Crippen LogP contribution in [0.25, 0.3) is 0 Å². The average molecular weight is 150 g/mol. The molecule has 0 bridgehead atoms. The van der Waals surface area contributed by atoms with Gasteiger partial charge in [0, 0.05) is 12.8 Å². The largest absolute Gasteiger partial charge is 0.303 e. The highest BCUT2D eigenvalue weighted by Gasteiger charge is 1.73. The second-order valence-corrected chi connectivity index (χ2v) is 2.22. The molecule has 0 heterocycles. The van der Waals surface area contributed by atoms with Gasteiger partial charge < -0.3 is 4.79 Å². The van der Waals surface area contributed by atoms with Crippen LogP contribution in [0, 0.1) is 11.8 Å². The maximum atomic E-state index is 9.85. The van der Waals surface area contributed by atoms with E-state index in [1.54, 1.807) is 0 Å². The third-order valence-electron chi connectivity index (χ3n) is 1.15. The number of hydrogen-bond donors (Lipinski definition) is 0. The molecule has 0 N–H and O–H groups in total. The fraction of sp³-hybridized carbons (Fsp3) is 0.500. The molecule has 0 saturated carbocycles. The fourth-order valence-electron chi connectivity index (χ4n) is 0.571. The van der Waals surface area contributed by atoms with E-state index in [4.69, 9.17) is 0 Å². The van der Waals surface area contributed by atoms with Crippen LogP contribution < -0.4 is 0 Å². The number of unbranched alkanes of at least 4 members (excludes halogenated alkanes) is 2. The minimum Gasteiger partial charge on any atom is -0.303 e. The Labute approximate surface area is 68.5 Å². The Morgan fingerprint density at radius 1 is 1.36 bits per heavy atom. The van der Waals surface area contributed by atoms with Gasteiger partial charge in [-0.05, 0) is 12.5 Å². The number of hydrogen-bond acceptors (Lipinski definition) is 1. The van der Waals surface area contributed by atoms with Crippen LogP contribution in [-0.4, -0.2) is 6.29 Å². The predicted molar refractivity (Wildman–Crippen MR) is 47.1 cm³/mol. The van der Waals surface area contributed by atoms with Crippen molar-refractivity contribution in [2.75, 3.05) is 0 Å². The van der Waals surface area contributed by atoms with Crippen LogP contribution in [0.3, 0.4) is 0 Å². The third-order valence-corrected chi connectivity index (χ3v) is 1.15. The molecular weight excluding hydrogens is 136 g/mol. The number of aldehydes is 1. The highest BCUT2D eigenvalue weighted by atomic mass is 16.1. The van der Waals surface area contributed by atoms with Crippen LogP contribution in [0.2, 0.25) is 0 Å². The third kappa shape index (κ3) is 8.97. The van der Waals surface area contributed by atoms with Crippen molar-refractivity contribution in [3.63, 3.8) is 0 Å². The maximum Gasteiger partial charge on any atom is 0.120 e. The maximum absolute atomic E-state index is 9.85. The first-order chi connectivity index (χ1) is 5.41. The Kier molecular flexibility index (Phi) is 8.13. The highest BCUT2D eigenvalue weighted by Crippen LogP contribution is 1.87. The average Bonchev–Trinajstić information content (AvgIpc) is 2.03. The first-order valence-electron chi connectivity index (χ1n) is 3.98. The molecule has 0 unspecified atom stereocenters. The molecule has 0 atom stereocenters. The standard InChI is InChI=1S/C10H14O/c1-2-3-4-5-6-7-8-9-10-11/h4-5,10H,2-3,8-9H2,1H3/b5-4-. The smallest absolute Gasteiger partial charge is 0.120 e. The second-order valence-electron chi connectivity index (χ2n) is 2.22. The molecule has 0 aliphatic carbocycles. The van der Waals surface area contributed by atoms with E-state index in [-0.39, 0.29) is 0 Å². The van der Waals surface area contributed by atoms with Crippen molar-refractivity contribution in [2.45, 2.75) is 32.6 Å². The Balaban J connectivity index is 3.30. The van der Waals surface area contributed by atoms with Crippen molar-refractivity contribution in [3.05, 3.63) is 12.2 Å². The minimum absolute atomic E-state index is 0.550. The number of rotatable bonds is 4. The molecule has 11 heavy (non-hydrogen) atoms. The van der Waals surface area contributed by atoms with Crippen molar-refractivity contribution in [1.82, 2.24) is 0 Å². The van der Waals surface area contributed by atoms with Gasteiger partial charge in [-0.25, -0.2) is 0 Å². The van der Waals surface area contributed by atoms with Gasteiger partial charge in [0.1, 0.15) is 6.29 Å². The molecule has 0 aromatic carbocycles. The van der Waals surface area contributed by atoms with Gasteiger partial charge in [0.05, 0.1) is 0 Å². The number of carbonyl (C=O) groups is 1. The molecule has 0 amide bonds. The van der Waals surface area contributed by atoms with Gasteiger partial charge in [0.15, 0.2) is 0 Å². The number of allylic oxidation sites excluding steroid dienone is 2. The summed E-state index contributed by atoms with van der Waals surface area (Å²) < 4.78 is 0. The molecule has 0 aliphatic heterocycles. The van der Waals surface area contributed by atoms with Crippen molar-refractivity contribution >= 4 is 6.29 Å². The summed E-state index contributed by atoms with van der Waals surface area (Å²) in [4.78, 5) is 9.85. The van der Waals surface area contributed by atoms with Gasteiger partial charge >= 0.3 is 0 Å². The summed E-state index contributed by atoms with van der Waals surface area (Å²) in [6, 6.07) is 0. The normalized spacial score (nSPS) is 9.18. The Morgan fingerprint density at radius 2 is 2.18 bits per heavy atom. The van der Waals surface area contributed by atoms with Crippen molar-refractivity contribution in [3.8, 4) is 11.8 Å². The molecule has 0 radical (unpaired) electrons. The Hall–Kier alpha value is -1.03. The lowest BCUT2D eigenvalue weighted by Crippen LogP contribution is -1.69. The van der Waals surface area contributed by atoms with E-state index in [2.05, 4.69) is 18.8 Å². The fourth-order valence-corrected chi connectivity index (χ4v) is 0.571. The summed E-state index contributed by atoms with van der Waals surface area (Å²) in [5, 5.41) is 0. The Bertz CT molecular complexity index is 169. The predicted octanol–water partition coefficient (Wildman–Crippen LogP) is 2.33. The number of carbonyl (C=O) groups excluding carboxylic acids is 1. The van der Waals surface area contributed by atoms with Crippen molar-refractivity contribution in [1.29, 1.82) is 0 Å². The van der Waals surface area contributed by atoms with Crippen LogP contribution in [0.15, 0.2) is 12.2 Å². The van der Waals surface area contributed by atoms with Crippen molar-refractivity contribution in [2.24, 2.45) is 0 Å². The zero-order valence-corrected chi connectivity index (χ0v) is 6.97.